The van der Waals surface area contributed by atoms with Gasteiger partial charge in [0.2, 0.25) is 5.91 Å². The number of hydrogen-bond donors (Lipinski definition) is 1. The number of aryl methyl sites for hydroxylation is 1. The highest BCUT2D eigenvalue weighted by Gasteiger charge is 2.31. The van der Waals surface area contributed by atoms with Crippen molar-refractivity contribution in [1.29, 1.82) is 0 Å². The third-order valence-corrected chi connectivity index (χ3v) is 7.16. The van der Waals surface area contributed by atoms with Gasteiger partial charge in [-0.3, -0.25) is 9.59 Å². The fourth-order valence-corrected chi connectivity index (χ4v) is 5.37. The van der Waals surface area contributed by atoms with E-state index in [2.05, 4.69) is 24.8 Å². The highest BCUT2D eigenvalue weighted by atomic mass is 32.1. The second-order valence-corrected chi connectivity index (χ2v) is 10.2. The number of nitrogens with one attached hydrogen (secondary N) is 1. The van der Waals surface area contributed by atoms with Crippen LogP contribution in [-0.4, -0.2) is 58.4 Å². The van der Waals surface area contributed by atoms with Crippen molar-refractivity contribution in [1.82, 2.24) is 24.8 Å². The number of aromatic nitrogens is 3. The number of pyridine rings is 1. The van der Waals surface area contributed by atoms with Crippen LogP contribution in [0.1, 0.15) is 27.6 Å². The van der Waals surface area contributed by atoms with Gasteiger partial charge in [0.25, 0.3) is 5.91 Å². The normalized spacial score (nSPS) is 15.9. The molecule has 0 spiro atoms. The van der Waals surface area contributed by atoms with Crippen molar-refractivity contribution in [2.24, 2.45) is 5.92 Å². The van der Waals surface area contributed by atoms with Crippen LogP contribution in [0.5, 0.6) is 0 Å². The van der Waals surface area contributed by atoms with E-state index >= 15 is 0 Å². The fourth-order valence-electron chi connectivity index (χ4n) is 4.38. The van der Waals surface area contributed by atoms with Gasteiger partial charge in [0.15, 0.2) is 0 Å². The minimum Gasteiger partial charge on any atom is -0.351 e. The third kappa shape index (κ3) is 4.96. The molecule has 4 heterocycles. The number of fused-ring (bicyclic) bond motifs is 1. The molecule has 8 nitrogen and oxygen atoms in total. The maximum Gasteiger partial charge on any atom is 0.261 e. The molecule has 9 heteroatoms. The summed E-state index contributed by atoms with van der Waals surface area (Å²) in [6.45, 7) is 3.73. The average Bonchev–Trinajstić information content (AvgIpc) is 3.55. The zero-order valence-electron chi connectivity index (χ0n) is 20.1. The number of rotatable bonds is 7. The molecule has 1 unspecified atom stereocenters. The quantitative estimate of drug-likeness (QED) is 0.430. The summed E-state index contributed by atoms with van der Waals surface area (Å²) in [6, 6.07) is 13.8. The first kappa shape index (κ1) is 23.2. The van der Waals surface area contributed by atoms with Crippen molar-refractivity contribution < 1.29 is 9.59 Å². The molecule has 0 aliphatic carbocycles. The van der Waals surface area contributed by atoms with Crippen LogP contribution in [0.25, 0.3) is 15.9 Å². The molecule has 0 saturated carbocycles. The number of nitrogens with zero attached hydrogens (tertiary/aromatic N) is 5. The lowest BCUT2D eigenvalue weighted by atomic mass is 10.1. The minimum absolute atomic E-state index is 0.0706. The highest BCUT2D eigenvalue weighted by molar-refractivity contribution is 7.20. The Balaban J connectivity index is 1.21. The van der Waals surface area contributed by atoms with E-state index in [1.54, 1.807) is 11.1 Å². The molecule has 1 aromatic carbocycles. The minimum atomic E-state index is -0.116. The highest BCUT2D eigenvalue weighted by Crippen LogP contribution is 2.27. The van der Waals surface area contributed by atoms with Crippen LogP contribution in [0.15, 0.2) is 54.9 Å². The molecule has 1 atom stereocenters. The molecular weight excluding hydrogens is 460 g/mol. The number of imidazole rings is 1. The monoisotopic (exact) mass is 488 g/mol. The summed E-state index contributed by atoms with van der Waals surface area (Å²) in [5, 5.41) is 3.98. The van der Waals surface area contributed by atoms with E-state index in [-0.39, 0.29) is 17.7 Å². The number of carbonyl (C=O) groups excluding carboxylic acids is 2. The van der Waals surface area contributed by atoms with Crippen LogP contribution in [0.3, 0.4) is 0 Å². The molecule has 1 aliphatic rings. The Morgan fingerprint density at radius 1 is 1.17 bits per heavy atom. The average molecular weight is 489 g/mol. The number of benzene rings is 1. The molecule has 1 aliphatic heterocycles. The summed E-state index contributed by atoms with van der Waals surface area (Å²) < 4.78 is 2.05. The lowest BCUT2D eigenvalue weighted by Gasteiger charge is -2.18. The molecule has 2 amide bonds. The van der Waals surface area contributed by atoms with E-state index in [9.17, 15) is 9.59 Å². The van der Waals surface area contributed by atoms with Crippen LogP contribution in [0, 0.1) is 12.8 Å². The zero-order valence-corrected chi connectivity index (χ0v) is 20.9. The summed E-state index contributed by atoms with van der Waals surface area (Å²) in [6.07, 6.45) is 4.16. The summed E-state index contributed by atoms with van der Waals surface area (Å²) in [5.74, 6) is 0.991. The summed E-state index contributed by atoms with van der Waals surface area (Å²) in [4.78, 5) is 39.7. The van der Waals surface area contributed by atoms with Crippen molar-refractivity contribution >= 4 is 39.1 Å². The first-order valence-electron chi connectivity index (χ1n) is 11.6. The lowest BCUT2D eigenvalue weighted by molar-refractivity contribution is -0.117. The maximum atomic E-state index is 12.7. The third-order valence-electron chi connectivity index (χ3n) is 6.12. The lowest BCUT2D eigenvalue weighted by Crippen LogP contribution is -2.30. The first-order chi connectivity index (χ1) is 16.9. The van der Waals surface area contributed by atoms with Crippen LogP contribution in [-0.2, 0) is 11.3 Å². The SMILES string of the molecule is Cc1ccc2cc(C(=O)NCC3CC(=O)N(c4ccc(-n5ccnc5CN(C)C)cc4)C3)sc2n1. The smallest absolute Gasteiger partial charge is 0.261 e. The van der Waals surface area contributed by atoms with Crippen LogP contribution in [0.4, 0.5) is 5.69 Å². The van der Waals surface area contributed by atoms with Gasteiger partial charge in [0.05, 0.1) is 11.4 Å². The van der Waals surface area contributed by atoms with E-state index in [1.165, 1.54) is 11.3 Å². The number of carbonyl (C=O) groups is 2. The van der Waals surface area contributed by atoms with Crippen molar-refractivity contribution in [3.63, 3.8) is 0 Å². The zero-order chi connectivity index (χ0) is 24.5. The van der Waals surface area contributed by atoms with Gasteiger partial charge >= 0.3 is 0 Å². The van der Waals surface area contributed by atoms with Gasteiger partial charge in [-0.2, -0.15) is 0 Å². The molecule has 1 fully saturated rings. The number of anilines is 1. The molecule has 4 aromatic rings. The van der Waals surface area contributed by atoms with E-state index < -0.39 is 0 Å². The van der Waals surface area contributed by atoms with Crippen LogP contribution in [0.2, 0.25) is 0 Å². The second kappa shape index (κ2) is 9.59. The van der Waals surface area contributed by atoms with Gasteiger partial charge < -0.3 is 19.7 Å². The Morgan fingerprint density at radius 3 is 2.71 bits per heavy atom. The standard InChI is InChI=1S/C26H28N6O2S/c1-17-4-5-19-13-22(35-26(19)29-17)25(34)28-14-18-12-24(33)32(15-18)21-8-6-20(7-9-21)31-11-10-27-23(31)16-30(2)3/h4-11,13,18H,12,14-16H2,1-3H3,(H,28,34). The molecule has 0 bridgehead atoms. The molecule has 5 rings (SSSR count). The van der Waals surface area contributed by atoms with Crippen LogP contribution >= 0.6 is 11.3 Å². The Kier molecular flexibility index (Phi) is 6.36. The molecule has 180 valence electrons. The topological polar surface area (TPSA) is 83.4 Å². The summed E-state index contributed by atoms with van der Waals surface area (Å²) in [5.41, 5.74) is 2.81. The predicted molar refractivity (Wildman–Crippen MR) is 138 cm³/mol. The van der Waals surface area contributed by atoms with E-state index in [0.29, 0.717) is 24.4 Å². The first-order valence-corrected chi connectivity index (χ1v) is 12.4. The van der Waals surface area contributed by atoms with Gasteiger partial charge in [0.1, 0.15) is 10.7 Å². The predicted octanol–water partition coefficient (Wildman–Crippen LogP) is 3.63. The molecule has 0 radical (unpaired) electrons. The van der Waals surface area contributed by atoms with Gasteiger partial charge in [-0.05, 0) is 57.4 Å². The van der Waals surface area contributed by atoms with Crippen molar-refractivity contribution in [2.45, 2.75) is 19.9 Å². The second-order valence-electron chi connectivity index (χ2n) is 9.21. The Labute approximate surface area is 208 Å². The molecule has 1 saturated heterocycles. The van der Waals surface area contributed by atoms with Crippen molar-refractivity contribution in [2.75, 3.05) is 32.1 Å². The number of thiophene rings is 1. The Morgan fingerprint density at radius 2 is 1.94 bits per heavy atom. The maximum absolute atomic E-state index is 12.7. The van der Waals surface area contributed by atoms with Crippen molar-refractivity contribution in [3.05, 3.63) is 71.3 Å². The van der Waals surface area contributed by atoms with E-state index in [4.69, 9.17) is 0 Å². The van der Waals surface area contributed by atoms with E-state index in [0.717, 1.165) is 39.7 Å². The largest absolute Gasteiger partial charge is 0.351 e. The summed E-state index contributed by atoms with van der Waals surface area (Å²) in [7, 11) is 4.03. The molecule has 3 aromatic heterocycles. The van der Waals surface area contributed by atoms with Crippen LogP contribution < -0.4 is 10.2 Å². The number of hydrogen-bond acceptors (Lipinski definition) is 6. The fraction of sp³-hybridized carbons (Fsp3) is 0.308. The van der Waals surface area contributed by atoms with Crippen molar-refractivity contribution in [3.8, 4) is 5.69 Å². The molecule has 1 N–H and O–H groups in total. The number of amides is 2. The van der Waals surface area contributed by atoms with E-state index in [1.807, 2.05) is 69.7 Å². The Bertz CT molecular complexity index is 1370. The Hall–Kier alpha value is -3.56. The van der Waals surface area contributed by atoms with Gasteiger partial charge in [-0.25, -0.2) is 9.97 Å². The van der Waals surface area contributed by atoms with Gasteiger partial charge in [-0.1, -0.05) is 6.07 Å². The van der Waals surface area contributed by atoms with Gasteiger partial charge in [-0.15, -0.1) is 11.3 Å². The molecular formula is C26H28N6O2S. The summed E-state index contributed by atoms with van der Waals surface area (Å²) >= 11 is 1.39. The molecule has 35 heavy (non-hydrogen) atoms. The van der Waals surface area contributed by atoms with Gasteiger partial charge in [0, 0.05) is 60.3 Å².